The van der Waals surface area contributed by atoms with Gasteiger partial charge in [0.1, 0.15) is 0 Å². The Morgan fingerprint density at radius 1 is 1.07 bits per heavy atom. The second-order valence-corrected chi connectivity index (χ2v) is 6.62. The predicted molar refractivity (Wildman–Crippen MR) is 127 cm³/mol. The molecule has 2 N–H and O–H groups in total. The van der Waals surface area contributed by atoms with Gasteiger partial charge in [-0.15, -0.1) is 24.0 Å². The van der Waals surface area contributed by atoms with Crippen LogP contribution >= 0.6 is 24.0 Å². The van der Waals surface area contributed by atoms with Crippen LogP contribution in [-0.2, 0) is 26.6 Å². The lowest BCUT2D eigenvalue weighted by Gasteiger charge is -2.13. The minimum absolute atomic E-state index is 0. The largest absolute Gasteiger partial charge is 0.352 e. The predicted octanol–water partition coefficient (Wildman–Crippen LogP) is 4.67. The van der Waals surface area contributed by atoms with E-state index < -0.39 is 0 Å². The topological polar surface area (TPSA) is 54.2 Å². The van der Waals surface area contributed by atoms with Crippen molar-refractivity contribution in [3.63, 3.8) is 0 Å². The molecule has 0 aliphatic heterocycles. The van der Waals surface area contributed by atoms with Crippen molar-refractivity contribution in [1.29, 1.82) is 0 Å². The number of aromatic nitrogens is 2. The molecule has 0 amide bonds. The lowest BCUT2D eigenvalue weighted by Crippen LogP contribution is -2.30. The Hall–Kier alpha value is -2.35. The van der Waals surface area contributed by atoms with Crippen molar-refractivity contribution in [2.75, 3.05) is 5.32 Å². The van der Waals surface area contributed by atoms with Gasteiger partial charge in [-0.25, -0.2) is 4.99 Å². The Balaban J connectivity index is 0.00000280. The highest BCUT2D eigenvalue weighted by Gasteiger charge is 2.07. The molecule has 0 atom stereocenters. The van der Waals surface area contributed by atoms with Crippen LogP contribution in [0.25, 0.3) is 0 Å². The summed E-state index contributed by atoms with van der Waals surface area (Å²) in [5.41, 5.74) is 5.76. The van der Waals surface area contributed by atoms with Crippen molar-refractivity contribution in [1.82, 2.24) is 15.1 Å². The second-order valence-electron chi connectivity index (χ2n) is 6.62. The molecule has 0 radical (unpaired) electrons. The molecule has 0 aliphatic carbocycles. The monoisotopic (exact) mass is 489 g/mol. The van der Waals surface area contributed by atoms with Gasteiger partial charge in [0.15, 0.2) is 5.96 Å². The van der Waals surface area contributed by atoms with E-state index in [1.54, 1.807) is 0 Å². The molecule has 28 heavy (non-hydrogen) atoms. The van der Waals surface area contributed by atoms with Crippen LogP contribution in [0, 0.1) is 6.92 Å². The van der Waals surface area contributed by atoms with Gasteiger partial charge >= 0.3 is 0 Å². The molecule has 0 bridgehead atoms. The summed E-state index contributed by atoms with van der Waals surface area (Å²) in [6, 6.07) is 18.6. The van der Waals surface area contributed by atoms with Crippen molar-refractivity contribution in [2.45, 2.75) is 33.4 Å². The summed E-state index contributed by atoms with van der Waals surface area (Å²) < 4.78 is 1.86. The number of para-hydroxylation sites is 1. The van der Waals surface area contributed by atoms with Crippen LogP contribution < -0.4 is 10.6 Å². The third kappa shape index (κ3) is 6.37. The van der Waals surface area contributed by atoms with Crippen LogP contribution in [0.1, 0.15) is 29.3 Å². The van der Waals surface area contributed by atoms with Crippen molar-refractivity contribution >= 4 is 35.6 Å². The quantitative estimate of drug-likeness (QED) is 0.301. The number of halogens is 1. The molecular formula is C22H28IN5. The fourth-order valence-corrected chi connectivity index (χ4v) is 2.87. The number of nitrogens with one attached hydrogen (secondary N) is 2. The standard InChI is InChI=1S/C22H27N5.HI/c1-4-21-19(16-27(3)26-21)15-24-22(25-20-8-6-5-7-9-20)23-14-18-12-10-17(2)11-13-18;/h5-13,16H,4,14-15H2,1-3H3,(H2,23,24,25);1H. The van der Waals surface area contributed by atoms with Crippen LogP contribution in [0.3, 0.4) is 0 Å². The number of anilines is 1. The average Bonchev–Trinajstić information content (AvgIpc) is 3.05. The van der Waals surface area contributed by atoms with E-state index in [-0.39, 0.29) is 24.0 Å². The Morgan fingerprint density at radius 3 is 2.46 bits per heavy atom. The highest BCUT2D eigenvalue weighted by Crippen LogP contribution is 2.09. The third-order valence-electron chi connectivity index (χ3n) is 4.35. The van der Waals surface area contributed by atoms with E-state index in [0.717, 1.165) is 23.8 Å². The Kier molecular flexibility index (Phi) is 8.50. The zero-order chi connectivity index (χ0) is 19.1. The smallest absolute Gasteiger partial charge is 0.196 e. The fraction of sp³-hybridized carbons (Fsp3) is 0.273. The molecule has 0 unspecified atom stereocenters. The summed E-state index contributed by atoms with van der Waals surface area (Å²) in [7, 11) is 1.96. The minimum Gasteiger partial charge on any atom is -0.352 e. The summed E-state index contributed by atoms with van der Waals surface area (Å²) in [4.78, 5) is 4.76. The van der Waals surface area contributed by atoms with E-state index >= 15 is 0 Å². The summed E-state index contributed by atoms with van der Waals surface area (Å²) in [6.45, 7) is 5.52. The first-order valence-corrected chi connectivity index (χ1v) is 9.31. The van der Waals surface area contributed by atoms with Crippen LogP contribution in [0.15, 0.2) is 65.8 Å². The van der Waals surface area contributed by atoms with Gasteiger partial charge in [0.2, 0.25) is 0 Å². The van der Waals surface area contributed by atoms with Gasteiger partial charge in [-0.1, -0.05) is 55.0 Å². The molecule has 1 heterocycles. The van der Waals surface area contributed by atoms with Gasteiger partial charge in [-0.2, -0.15) is 5.10 Å². The Bertz CT molecular complexity index is 885. The Morgan fingerprint density at radius 2 is 1.79 bits per heavy atom. The first-order valence-electron chi connectivity index (χ1n) is 9.31. The first-order chi connectivity index (χ1) is 13.1. The van der Waals surface area contributed by atoms with Gasteiger partial charge in [-0.3, -0.25) is 4.68 Å². The van der Waals surface area contributed by atoms with Gasteiger partial charge in [0.05, 0.1) is 12.2 Å². The van der Waals surface area contributed by atoms with E-state index in [1.165, 1.54) is 16.7 Å². The lowest BCUT2D eigenvalue weighted by atomic mass is 10.1. The summed E-state index contributed by atoms with van der Waals surface area (Å²) >= 11 is 0. The minimum atomic E-state index is 0. The fourth-order valence-electron chi connectivity index (χ4n) is 2.87. The molecule has 3 rings (SSSR count). The number of rotatable bonds is 6. The first kappa shape index (κ1) is 21.9. The zero-order valence-electron chi connectivity index (χ0n) is 16.6. The number of hydrogen-bond donors (Lipinski definition) is 2. The molecule has 0 spiro atoms. The number of nitrogens with zero attached hydrogens (tertiary/aromatic N) is 3. The van der Waals surface area contributed by atoms with E-state index in [0.29, 0.717) is 13.1 Å². The van der Waals surface area contributed by atoms with Crippen LogP contribution in [0.5, 0.6) is 0 Å². The molecule has 3 aromatic rings. The SMILES string of the molecule is CCc1nn(C)cc1CNC(=NCc1ccc(C)cc1)Nc1ccccc1.I. The van der Waals surface area contributed by atoms with E-state index in [4.69, 9.17) is 4.99 Å². The maximum Gasteiger partial charge on any atom is 0.196 e. The maximum absolute atomic E-state index is 4.76. The summed E-state index contributed by atoms with van der Waals surface area (Å²) in [5, 5.41) is 11.3. The van der Waals surface area contributed by atoms with Crippen LogP contribution in [-0.4, -0.2) is 15.7 Å². The summed E-state index contributed by atoms with van der Waals surface area (Å²) in [5.74, 6) is 0.757. The number of benzene rings is 2. The molecule has 0 saturated heterocycles. The van der Waals surface area contributed by atoms with Crippen molar-refractivity contribution in [3.8, 4) is 0 Å². The van der Waals surface area contributed by atoms with Crippen molar-refractivity contribution in [2.24, 2.45) is 12.0 Å². The van der Waals surface area contributed by atoms with Crippen molar-refractivity contribution in [3.05, 3.63) is 83.2 Å². The molecule has 0 saturated carbocycles. The van der Waals surface area contributed by atoms with E-state index in [9.17, 15) is 0 Å². The molecule has 148 valence electrons. The molecular weight excluding hydrogens is 461 g/mol. The summed E-state index contributed by atoms with van der Waals surface area (Å²) in [6.07, 6.45) is 2.98. The molecule has 6 heteroatoms. The van der Waals surface area contributed by atoms with E-state index in [2.05, 4.69) is 60.0 Å². The zero-order valence-corrected chi connectivity index (χ0v) is 19.0. The van der Waals surface area contributed by atoms with Crippen LogP contribution in [0.4, 0.5) is 5.69 Å². The van der Waals surface area contributed by atoms with Gasteiger partial charge in [0, 0.05) is 31.0 Å². The highest BCUT2D eigenvalue weighted by atomic mass is 127. The van der Waals surface area contributed by atoms with Crippen molar-refractivity contribution < 1.29 is 0 Å². The molecule has 5 nitrogen and oxygen atoms in total. The van der Waals surface area contributed by atoms with Gasteiger partial charge in [-0.05, 0) is 31.0 Å². The molecule has 2 aromatic carbocycles. The lowest BCUT2D eigenvalue weighted by molar-refractivity contribution is 0.746. The number of hydrogen-bond acceptors (Lipinski definition) is 2. The number of guanidine groups is 1. The number of aryl methyl sites for hydroxylation is 3. The molecule has 1 aromatic heterocycles. The average molecular weight is 489 g/mol. The third-order valence-corrected chi connectivity index (χ3v) is 4.35. The normalized spacial score (nSPS) is 11.0. The molecule has 0 aliphatic rings. The van der Waals surface area contributed by atoms with Crippen LogP contribution in [0.2, 0.25) is 0 Å². The van der Waals surface area contributed by atoms with Gasteiger partial charge < -0.3 is 10.6 Å². The number of aliphatic imine (C=N–C) groups is 1. The Labute approximate surface area is 184 Å². The van der Waals surface area contributed by atoms with E-state index in [1.807, 2.05) is 42.1 Å². The highest BCUT2D eigenvalue weighted by molar-refractivity contribution is 14.0. The van der Waals surface area contributed by atoms with Gasteiger partial charge in [0.25, 0.3) is 0 Å². The second kappa shape index (κ2) is 10.8. The molecule has 0 fully saturated rings. The maximum atomic E-state index is 4.76.